The van der Waals surface area contributed by atoms with Crippen molar-refractivity contribution in [3.8, 4) is 11.5 Å². The number of benzene rings is 1. The van der Waals surface area contributed by atoms with Crippen LogP contribution in [0.5, 0.6) is 11.5 Å². The average Bonchev–Trinajstić information content (AvgIpc) is 2.42. The number of aliphatic carboxylic acids is 1. The summed E-state index contributed by atoms with van der Waals surface area (Å²) >= 11 is 5.56. The maximum atomic E-state index is 10.5. The highest BCUT2D eigenvalue weighted by molar-refractivity contribution is 6.25. The monoisotopic (exact) mass is 282 g/mol. The van der Waals surface area contributed by atoms with Crippen LogP contribution in [-0.4, -0.2) is 24.8 Å². The van der Waals surface area contributed by atoms with Crippen LogP contribution in [0, 0.1) is 0 Å². The molecule has 5 heteroatoms. The van der Waals surface area contributed by atoms with Gasteiger partial charge in [0.1, 0.15) is 18.1 Å². The Morgan fingerprint density at radius 3 is 2.79 bits per heavy atom. The van der Waals surface area contributed by atoms with Crippen LogP contribution >= 0.6 is 11.6 Å². The van der Waals surface area contributed by atoms with E-state index in [1.165, 1.54) is 11.6 Å². The quantitative estimate of drug-likeness (QED) is 0.813. The first-order valence-electron chi connectivity index (χ1n) is 5.54. The summed E-state index contributed by atoms with van der Waals surface area (Å²) in [6.07, 6.45) is 2.52. The van der Waals surface area contributed by atoms with E-state index in [9.17, 15) is 4.79 Å². The van der Waals surface area contributed by atoms with Gasteiger partial charge in [0, 0.05) is 23.2 Å². The van der Waals surface area contributed by atoms with Crippen LogP contribution in [0.4, 0.5) is 0 Å². The average molecular weight is 283 g/mol. The summed E-state index contributed by atoms with van der Waals surface area (Å²) in [6, 6.07) is 5.16. The van der Waals surface area contributed by atoms with Crippen LogP contribution in [0.2, 0.25) is 0 Å². The number of carboxylic acid groups (broad SMARTS) is 1. The Morgan fingerprint density at radius 1 is 1.47 bits per heavy atom. The summed E-state index contributed by atoms with van der Waals surface area (Å²) in [6.45, 7) is 2.16. The van der Waals surface area contributed by atoms with Crippen LogP contribution in [0.15, 0.2) is 35.4 Å². The molecule has 1 aromatic carbocycles. The summed E-state index contributed by atoms with van der Waals surface area (Å²) in [5, 5.41) is 8.64. The number of carbonyl (C=O) groups is 1. The van der Waals surface area contributed by atoms with E-state index in [0.717, 1.165) is 11.6 Å². The second kappa shape index (κ2) is 7.48. The van der Waals surface area contributed by atoms with E-state index < -0.39 is 5.97 Å². The fraction of sp³-hybridized carbons (Fsp3) is 0.214. The van der Waals surface area contributed by atoms with Crippen LogP contribution in [0.1, 0.15) is 12.5 Å². The zero-order chi connectivity index (χ0) is 14.3. The number of rotatable bonds is 6. The van der Waals surface area contributed by atoms with Crippen molar-refractivity contribution >= 4 is 23.6 Å². The molecule has 0 saturated carbocycles. The molecule has 0 radical (unpaired) electrons. The summed E-state index contributed by atoms with van der Waals surface area (Å²) in [5.41, 5.74) is 2.95. The number of carboxylic acids is 1. The van der Waals surface area contributed by atoms with E-state index in [1.807, 2.05) is 6.92 Å². The lowest BCUT2D eigenvalue weighted by Gasteiger charge is -2.11. The topological polar surface area (TPSA) is 55.8 Å². The maximum Gasteiger partial charge on any atom is 0.328 e. The highest BCUT2D eigenvalue weighted by atomic mass is 35.5. The molecule has 19 heavy (non-hydrogen) atoms. The SMILES string of the molecule is COc1ccc(/C=C/C(=O)O)c(OC/C(C)=C/Cl)c1. The second-order valence-corrected chi connectivity index (χ2v) is 4.04. The molecule has 1 N–H and O–H groups in total. The zero-order valence-electron chi connectivity index (χ0n) is 10.7. The summed E-state index contributed by atoms with van der Waals surface area (Å²) in [5.74, 6) is 0.156. The van der Waals surface area contributed by atoms with Crippen molar-refractivity contribution < 1.29 is 19.4 Å². The first-order chi connectivity index (χ1) is 9.06. The van der Waals surface area contributed by atoms with Gasteiger partial charge in [0.05, 0.1) is 7.11 Å². The molecule has 0 aliphatic heterocycles. The van der Waals surface area contributed by atoms with Gasteiger partial charge in [-0.3, -0.25) is 0 Å². The van der Waals surface area contributed by atoms with Crippen molar-refractivity contribution in [2.45, 2.75) is 6.92 Å². The first-order valence-corrected chi connectivity index (χ1v) is 5.98. The third-order valence-electron chi connectivity index (χ3n) is 2.27. The van der Waals surface area contributed by atoms with Crippen molar-refractivity contribution in [2.75, 3.05) is 13.7 Å². The maximum absolute atomic E-state index is 10.5. The van der Waals surface area contributed by atoms with Crippen molar-refractivity contribution in [1.82, 2.24) is 0 Å². The highest BCUT2D eigenvalue weighted by Crippen LogP contribution is 2.26. The third kappa shape index (κ3) is 5.06. The lowest BCUT2D eigenvalue weighted by Crippen LogP contribution is -2.00. The summed E-state index contributed by atoms with van der Waals surface area (Å²) < 4.78 is 10.7. The van der Waals surface area contributed by atoms with E-state index in [0.29, 0.717) is 23.7 Å². The number of halogens is 1. The molecule has 0 aliphatic carbocycles. The smallest absolute Gasteiger partial charge is 0.328 e. The van der Waals surface area contributed by atoms with Gasteiger partial charge in [0.25, 0.3) is 0 Å². The molecule has 4 nitrogen and oxygen atoms in total. The van der Waals surface area contributed by atoms with Crippen LogP contribution in [0.3, 0.4) is 0 Å². The van der Waals surface area contributed by atoms with E-state index in [2.05, 4.69) is 0 Å². The van der Waals surface area contributed by atoms with Crippen LogP contribution in [0.25, 0.3) is 6.08 Å². The van der Waals surface area contributed by atoms with Gasteiger partial charge in [-0.2, -0.15) is 0 Å². The molecule has 0 unspecified atom stereocenters. The predicted octanol–water partition coefficient (Wildman–Crippen LogP) is 3.31. The molecule has 102 valence electrons. The molecular weight excluding hydrogens is 268 g/mol. The fourth-order valence-electron chi connectivity index (χ4n) is 1.29. The van der Waals surface area contributed by atoms with E-state index in [4.69, 9.17) is 26.2 Å². The molecule has 0 aliphatic rings. The lowest BCUT2D eigenvalue weighted by atomic mass is 10.1. The Bertz CT molecular complexity index is 506. The lowest BCUT2D eigenvalue weighted by molar-refractivity contribution is -0.131. The van der Waals surface area contributed by atoms with Gasteiger partial charge in [-0.1, -0.05) is 11.6 Å². The molecule has 1 rings (SSSR count). The van der Waals surface area contributed by atoms with Gasteiger partial charge in [-0.25, -0.2) is 4.79 Å². The van der Waals surface area contributed by atoms with Crippen molar-refractivity contribution in [1.29, 1.82) is 0 Å². The standard InChI is InChI=1S/C14H15ClO4/c1-10(8-15)9-19-13-7-12(18-2)5-3-11(13)4-6-14(16)17/h3-8H,9H2,1-2H3,(H,16,17)/b6-4+,10-8+. The predicted molar refractivity (Wildman–Crippen MR) is 74.8 cm³/mol. The van der Waals surface area contributed by atoms with E-state index in [-0.39, 0.29) is 0 Å². The largest absolute Gasteiger partial charge is 0.497 e. The Hall–Kier alpha value is -1.94. The normalized spacial score (nSPS) is 11.6. The Morgan fingerprint density at radius 2 is 2.21 bits per heavy atom. The number of hydrogen-bond donors (Lipinski definition) is 1. The van der Waals surface area contributed by atoms with Crippen LogP contribution in [-0.2, 0) is 4.79 Å². The summed E-state index contributed by atoms with van der Waals surface area (Å²) in [7, 11) is 1.55. The Balaban J connectivity index is 2.98. The van der Waals surface area contributed by atoms with Crippen molar-refractivity contribution in [3.63, 3.8) is 0 Å². The highest BCUT2D eigenvalue weighted by Gasteiger charge is 2.04. The molecule has 0 saturated heterocycles. The van der Waals surface area contributed by atoms with Gasteiger partial charge < -0.3 is 14.6 Å². The zero-order valence-corrected chi connectivity index (χ0v) is 11.5. The van der Waals surface area contributed by atoms with Gasteiger partial charge in [-0.15, -0.1) is 0 Å². The Labute approximate surface area is 116 Å². The van der Waals surface area contributed by atoms with Crippen molar-refractivity contribution in [2.24, 2.45) is 0 Å². The molecular formula is C14H15ClO4. The van der Waals surface area contributed by atoms with Gasteiger partial charge in [-0.05, 0) is 30.7 Å². The fourth-order valence-corrected chi connectivity index (χ4v) is 1.35. The molecule has 1 aromatic rings. The van der Waals surface area contributed by atoms with Gasteiger partial charge >= 0.3 is 5.97 Å². The number of methoxy groups -OCH3 is 1. The minimum absolute atomic E-state index is 0.324. The minimum atomic E-state index is -1.02. The third-order valence-corrected chi connectivity index (χ3v) is 2.64. The molecule has 0 bridgehead atoms. The Kier molecular flexibility index (Phi) is 5.96. The second-order valence-electron chi connectivity index (χ2n) is 3.82. The van der Waals surface area contributed by atoms with Crippen molar-refractivity contribution in [3.05, 3.63) is 40.9 Å². The van der Waals surface area contributed by atoms with E-state index >= 15 is 0 Å². The molecule has 0 amide bonds. The molecule has 0 aromatic heterocycles. The summed E-state index contributed by atoms with van der Waals surface area (Å²) in [4.78, 5) is 10.5. The van der Waals surface area contributed by atoms with Crippen LogP contribution < -0.4 is 9.47 Å². The minimum Gasteiger partial charge on any atom is -0.497 e. The molecule has 0 heterocycles. The molecule has 0 spiro atoms. The van der Waals surface area contributed by atoms with Gasteiger partial charge in [0.2, 0.25) is 0 Å². The number of ether oxygens (including phenoxy) is 2. The first kappa shape index (κ1) is 15.1. The molecule has 0 atom stereocenters. The molecule has 0 fully saturated rings. The van der Waals surface area contributed by atoms with E-state index in [1.54, 1.807) is 25.3 Å². The number of hydrogen-bond acceptors (Lipinski definition) is 3. The van der Waals surface area contributed by atoms with Gasteiger partial charge in [0.15, 0.2) is 0 Å².